The van der Waals surface area contributed by atoms with Crippen molar-refractivity contribution in [2.24, 2.45) is 0 Å². The summed E-state index contributed by atoms with van der Waals surface area (Å²) in [5.74, 6) is -0.955. The van der Waals surface area contributed by atoms with Gasteiger partial charge in [0.25, 0.3) is 11.8 Å². The van der Waals surface area contributed by atoms with Crippen LogP contribution in [0.25, 0.3) is 6.08 Å². The quantitative estimate of drug-likeness (QED) is 0.523. The summed E-state index contributed by atoms with van der Waals surface area (Å²) >= 11 is 0. The Morgan fingerprint density at radius 2 is 1.76 bits per heavy atom. The standard InChI is InChI=1S/C27H31N3O3/c1-16(2)30-23-12-11-19(13-20(23)18(4)15-27(30,5)6)14-21-24(31)28-26(33)29(25(21)32)22-10-8-7-9-17(22)3/h7-14,16,18H,15H2,1-6H3,(H,28,31,33)/b21-14+/t18-/m1/s1. The first-order valence-corrected chi connectivity index (χ1v) is 11.4. The molecule has 2 aromatic carbocycles. The molecule has 2 aliphatic rings. The third kappa shape index (κ3) is 3.94. The first-order valence-electron chi connectivity index (χ1n) is 11.4. The Labute approximate surface area is 195 Å². The van der Waals surface area contributed by atoms with Crippen molar-refractivity contribution in [3.8, 4) is 0 Å². The maximum Gasteiger partial charge on any atom is 0.335 e. The van der Waals surface area contributed by atoms with Crippen molar-refractivity contribution in [1.82, 2.24) is 5.32 Å². The van der Waals surface area contributed by atoms with E-state index < -0.39 is 17.8 Å². The molecule has 0 aliphatic carbocycles. The molecule has 1 atom stereocenters. The number of anilines is 2. The second-order valence-corrected chi connectivity index (χ2v) is 9.94. The molecule has 0 aromatic heterocycles. The van der Waals surface area contributed by atoms with Gasteiger partial charge in [-0.3, -0.25) is 14.9 Å². The number of nitrogens with zero attached hydrogens (tertiary/aromatic N) is 2. The van der Waals surface area contributed by atoms with Crippen LogP contribution >= 0.6 is 0 Å². The Bertz CT molecular complexity index is 1180. The van der Waals surface area contributed by atoms with Gasteiger partial charge >= 0.3 is 6.03 Å². The van der Waals surface area contributed by atoms with Crippen LogP contribution in [-0.4, -0.2) is 29.4 Å². The van der Waals surface area contributed by atoms with E-state index >= 15 is 0 Å². The van der Waals surface area contributed by atoms with E-state index in [-0.39, 0.29) is 11.1 Å². The van der Waals surface area contributed by atoms with Gasteiger partial charge in [-0.2, -0.15) is 0 Å². The summed E-state index contributed by atoms with van der Waals surface area (Å²) in [5.41, 5.74) is 4.37. The normalized spacial score (nSPS) is 21.5. The molecule has 33 heavy (non-hydrogen) atoms. The minimum absolute atomic E-state index is 0.0359. The molecule has 0 unspecified atom stereocenters. The number of urea groups is 1. The van der Waals surface area contributed by atoms with E-state index in [2.05, 4.69) is 57.0 Å². The zero-order valence-corrected chi connectivity index (χ0v) is 20.1. The Balaban J connectivity index is 1.75. The minimum atomic E-state index is -0.731. The Kier molecular flexibility index (Phi) is 5.64. The summed E-state index contributed by atoms with van der Waals surface area (Å²) in [6.45, 7) is 13.0. The monoisotopic (exact) mass is 445 g/mol. The van der Waals surface area contributed by atoms with Crippen LogP contribution in [-0.2, 0) is 9.59 Å². The highest BCUT2D eigenvalue weighted by Gasteiger charge is 2.39. The van der Waals surface area contributed by atoms with Crippen LogP contribution in [0.1, 0.15) is 63.6 Å². The molecule has 0 spiro atoms. The lowest BCUT2D eigenvalue weighted by Crippen LogP contribution is -2.54. The number of hydrogen-bond acceptors (Lipinski definition) is 4. The third-order valence-electron chi connectivity index (χ3n) is 6.59. The predicted octanol–water partition coefficient (Wildman–Crippen LogP) is 5.16. The smallest absolute Gasteiger partial charge is 0.335 e. The topological polar surface area (TPSA) is 69.7 Å². The molecule has 2 heterocycles. The molecule has 0 bridgehead atoms. The SMILES string of the molecule is Cc1ccccc1N1C(=O)NC(=O)/C(=C\c2ccc3c(c2)[C@H](C)CC(C)(C)N3C(C)C)C1=O. The molecule has 2 aromatic rings. The van der Waals surface area contributed by atoms with Gasteiger partial charge in [0.1, 0.15) is 5.57 Å². The van der Waals surface area contributed by atoms with Gasteiger partial charge in [-0.15, -0.1) is 0 Å². The van der Waals surface area contributed by atoms with E-state index in [4.69, 9.17) is 0 Å². The number of barbiturate groups is 1. The molecule has 0 saturated carbocycles. The fourth-order valence-corrected chi connectivity index (χ4v) is 5.39. The summed E-state index contributed by atoms with van der Waals surface area (Å²) in [6, 6.07) is 12.8. The van der Waals surface area contributed by atoms with E-state index in [0.717, 1.165) is 22.4 Å². The summed E-state index contributed by atoms with van der Waals surface area (Å²) in [5, 5.41) is 2.31. The molecule has 4 rings (SSSR count). The molecule has 1 fully saturated rings. The average Bonchev–Trinajstić information content (AvgIpc) is 2.71. The lowest BCUT2D eigenvalue weighted by molar-refractivity contribution is -0.122. The van der Waals surface area contributed by atoms with E-state index in [1.54, 1.807) is 18.2 Å². The number of carbonyl (C=O) groups excluding carboxylic acids is 3. The molecular weight excluding hydrogens is 414 g/mol. The van der Waals surface area contributed by atoms with Gasteiger partial charge in [0.2, 0.25) is 0 Å². The molecule has 0 radical (unpaired) electrons. The van der Waals surface area contributed by atoms with Gasteiger partial charge in [-0.25, -0.2) is 9.69 Å². The highest BCUT2D eigenvalue weighted by molar-refractivity contribution is 6.39. The van der Waals surface area contributed by atoms with Crippen molar-refractivity contribution >= 4 is 35.3 Å². The summed E-state index contributed by atoms with van der Waals surface area (Å²) < 4.78 is 0. The first kappa shape index (κ1) is 22.8. The zero-order chi connectivity index (χ0) is 24.1. The number of rotatable bonds is 3. The van der Waals surface area contributed by atoms with Crippen LogP contribution in [0.5, 0.6) is 0 Å². The number of benzene rings is 2. The van der Waals surface area contributed by atoms with Gasteiger partial charge in [-0.1, -0.05) is 31.2 Å². The molecule has 6 nitrogen and oxygen atoms in total. The van der Waals surface area contributed by atoms with E-state index in [9.17, 15) is 14.4 Å². The van der Waals surface area contributed by atoms with Crippen LogP contribution in [0.15, 0.2) is 48.0 Å². The van der Waals surface area contributed by atoms with Gasteiger partial charge in [0, 0.05) is 17.3 Å². The van der Waals surface area contributed by atoms with Crippen molar-refractivity contribution < 1.29 is 14.4 Å². The van der Waals surface area contributed by atoms with Gasteiger partial charge in [0.15, 0.2) is 0 Å². The Morgan fingerprint density at radius 3 is 2.42 bits per heavy atom. The first-order chi connectivity index (χ1) is 15.5. The molecule has 172 valence electrons. The zero-order valence-electron chi connectivity index (χ0n) is 20.1. The van der Waals surface area contributed by atoms with Crippen LogP contribution in [0.2, 0.25) is 0 Å². The maximum absolute atomic E-state index is 13.3. The van der Waals surface area contributed by atoms with Gasteiger partial charge < -0.3 is 4.90 Å². The summed E-state index contributed by atoms with van der Waals surface area (Å²) in [4.78, 5) is 41.8. The average molecular weight is 446 g/mol. The molecule has 1 saturated heterocycles. The second kappa shape index (κ2) is 8.18. The molecule has 1 N–H and O–H groups in total. The van der Waals surface area contributed by atoms with E-state index in [0.29, 0.717) is 17.6 Å². The largest absolute Gasteiger partial charge is 0.364 e. The van der Waals surface area contributed by atoms with Gasteiger partial charge in [-0.05, 0) is 87.9 Å². The van der Waals surface area contributed by atoms with Crippen molar-refractivity contribution in [1.29, 1.82) is 0 Å². The number of fused-ring (bicyclic) bond motifs is 1. The van der Waals surface area contributed by atoms with E-state index in [1.807, 2.05) is 25.1 Å². The minimum Gasteiger partial charge on any atom is -0.364 e. The van der Waals surface area contributed by atoms with Crippen LogP contribution in [0.4, 0.5) is 16.2 Å². The molecule has 6 heteroatoms. The molecule has 2 aliphatic heterocycles. The van der Waals surface area contributed by atoms with Crippen molar-refractivity contribution in [3.05, 3.63) is 64.7 Å². The number of amides is 4. The lowest BCUT2D eigenvalue weighted by Gasteiger charge is -2.50. The second-order valence-electron chi connectivity index (χ2n) is 9.94. The highest BCUT2D eigenvalue weighted by Crippen LogP contribution is 2.44. The Hall–Kier alpha value is -3.41. The van der Waals surface area contributed by atoms with Crippen molar-refractivity contribution in [2.75, 3.05) is 9.80 Å². The van der Waals surface area contributed by atoms with Crippen molar-refractivity contribution in [2.45, 2.75) is 65.5 Å². The Morgan fingerprint density at radius 1 is 1.06 bits per heavy atom. The fourth-order valence-electron chi connectivity index (χ4n) is 5.39. The van der Waals surface area contributed by atoms with E-state index in [1.165, 1.54) is 11.3 Å². The van der Waals surface area contributed by atoms with Crippen LogP contribution in [0.3, 0.4) is 0 Å². The van der Waals surface area contributed by atoms with Crippen molar-refractivity contribution in [3.63, 3.8) is 0 Å². The fraction of sp³-hybridized carbons (Fsp3) is 0.370. The number of nitrogens with one attached hydrogen (secondary N) is 1. The third-order valence-corrected chi connectivity index (χ3v) is 6.59. The number of imide groups is 2. The van der Waals surface area contributed by atoms with Crippen LogP contribution in [0, 0.1) is 6.92 Å². The maximum atomic E-state index is 13.3. The number of carbonyl (C=O) groups is 3. The number of aryl methyl sites for hydroxylation is 1. The summed E-state index contributed by atoms with van der Waals surface area (Å²) in [6.07, 6.45) is 2.59. The summed E-state index contributed by atoms with van der Waals surface area (Å²) in [7, 11) is 0. The molecule has 4 amide bonds. The predicted molar refractivity (Wildman–Crippen MR) is 131 cm³/mol. The lowest BCUT2D eigenvalue weighted by atomic mass is 9.78. The molecular formula is C27H31N3O3. The highest BCUT2D eigenvalue weighted by atomic mass is 16.2. The number of para-hydroxylation sites is 1. The van der Waals surface area contributed by atoms with Gasteiger partial charge in [0.05, 0.1) is 5.69 Å². The number of hydrogen-bond donors (Lipinski definition) is 1. The van der Waals surface area contributed by atoms with Crippen LogP contribution < -0.4 is 15.1 Å².